The fraction of sp³-hybridized carbons (Fsp3) is 0.429. The number of thiazole rings is 1. The zero-order chi connectivity index (χ0) is 19.8. The molecule has 0 aromatic carbocycles. The van der Waals surface area contributed by atoms with Crippen LogP contribution in [0.4, 0.5) is 0 Å². The molecule has 0 spiro atoms. The molecule has 1 amide bonds. The molecule has 6 nitrogen and oxygen atoms in total. The number of aliphatic hydroxyl groups excluding tert-OH is 1. The molecular formula is C21H23N3O3S. The van der Waals surface area contributed by atoms with E-state index < -0.39 is 17.7 Å². The van der Waals surface area contributed by atoms with Crippen molar-refractivity contribution in [1.82, 2.24) is 14.9 Å². The fourth-order valence-corrected chi connectivity index (χ4v) is 5.20. The molecule has 4 rings (SSSR count). The molecule has 1 atom stereocenters. The smallest absolute Gasteiger partial charge is 0.290 e. The summed E-state index contributed by atoms with van der Waals surface area (Å²) < 4.78 is 0. The van der Waals surface area contributed by atoms with Gasteiger partial charge >= 0.3 is 0 Å². The number of Topliss-reactive ketones (excluding diaryl/α,β-unsaturated/α-hetero) is 1. The number of carbonyl (C=O) groups excluding carboxylic acids is 2. The number of rotatable bonds is 4. The zero-order valence-electron chi connectivity index (χ0n) is 16.0. The number of carbonyl (C=O) groups is 2. The molecule has 2 aromatic rings. The number of aliphatic hydroxyl groups is 1. The van der Waals surface area contributed by atoms with Crippen LogP contribution < -0.4 is 0 Å². The molecule has 0 bridgehead atoms. The summed E-state index contributed by atoms with van der Waals surface area (Å²) in [5.74, 6) is -1.19. The first-order valence-corrected chi connectivity index (χ1v) is 10.4. The highest BCUT2D eigenvalue weighted by atomic mass is 32.1. The maximum Gasteiger partial charge on any atom is 0.290 e. The molecule has 1 aliphatic heterocycles. The fourth-order valence-electron chi connectivity index (χ4n) is 4.33. The molecule has 2 aromatic heterocycles. The van der Waals surface area contributed by atoms with Crippen LogP contribution in [0.3, 0.4) is 0 Å². The predicted octanol–water partition coefficient (Wildman–Crippen LogP) is 4.07. The summed E-state index contributed by atoms with van der Waals surface area (Å²) in [6, 6.07) is 3.05. The van der Waals surface area contributed by atoms with Gasteiger partial charge in [0, 0.05) is 18.4 Å². The van der Waals surface area contributed by atoms with Gasteiger partial charge in [0.2, 0.25) is 5.78 Å². The second-order valence-electron chi connectivity index (χ2n) is 7.43. The van der Waals surface area contributed by atoms with Gasteiger partial charge in [0.25, 0.3) is 5.91 Å². The Balaban J connectivity index is 1.81. The van der Waals surface area contributed by atoms with Crippen LogP contribution in [0.2, 0.25) is 0 Å². The first-order chi connectivity index (χ1) is 13.5. The molecule has 0 saturated heterocycles. The largest absolute Gasteiger partial charge is 0.503 e. The molecule has 1 saturated carbocycles. The van der Waals surface area contributed by atoms with Crippen LogP contribution >= 0.6 is 11.3 Å². The summed E-state index contributed by atoms with van der Waals surface area (Å²) >= 11 is 1.30. The molecule has 1 fully saturated rings. The van der Waals surface area contributed by atoms with E-state index in [1.807, 2.05) is 19.1 Å². The van der Waals surface area contributed by atoms with E-state index in [-0.39, 0.29) is 17.4 Å². The number of hydrogen-bond donors (Lipinski definition) is 1. The lowest BCUT2D eigenvalue weighted by Crippen LogP contribution is -2.41. The Labute approximate surface area is 167 Å². The molecule has 28 heavy (non-hydrogen) atoms. The van der Waals surface area contributed by atoms with Gasteiger partial charge in [-0.2, -0.15) is 0 Å². The first-order valence-electron chi connectivity index (χ1n) is 9.63. The average molecular weight is 398 g/mol. The van der Waals surface area contributed by atoms with Crippen molar-refractivity contribution < 1.29 is 14.7 Å². The van der Waals surface area contributed by atoms with E-state index in [1.54, 1.807) is 24.2 Å². The second-order valence-corrected chi connectivity index (χ2v) is 8.63. The molecule has 2 aliphatic rings. The van der Waals surface area contributed by atoms with Crippen LogP contribution in [0.1, 0.15) is 64.1 Å². The van der Waals surface area contributed by atoms with Crippen LogP contribution in [0.25, 0.3) is 0 Å². The zero-order valence-corrected chi connectivity index (χ0v) is 16.8. The van der Waals surface area contributed by atoms with E-state index in [9.17, 15) is 14.7 Å². The number of nitrogens with zero attached hydrogens (tertiary/aromatic N) is 3. The van der Waals surface area contributed by atoms with Gasteiger partial charge in [0.05, 0.1) is 27.2 Å². The van der Waals surface area contributed by atoms with Crippen molar-refractivity contribution in [1.29, 1.82) is 0 Å². The van der Waals surface area contributed by atoms with Crippen LogP contribution in [-0.2, 0) is 4.79 Å². The summed E-state index contributed by atoms with van der Waals surface area (Å²) in [6.07, 6.45) is 8.34. The minimum absolute atomic E-state index is 0.0242. The minimum Gasteiger partial charge on any atom is -0.503 e. The van der Waals surface area contributed by atoms with Crippen molar-refractivity contribution in [2.45, 2.75) is 58.0 Å². The number of aryl methyl sites for hydroxylation is 2. The van der Waals surface area contributed by atoms with Gasteiger partial charge in [-0.3, -0.25) is 14.6 Å². The maximum atomic E-state index is 13.4. The number of aromatic nitrogens is 2. The van der Waals surface area contributed by atoms with Gasteiger partial charge in [-0.1, -0.05) is 19.3 Å². The number of hydrogen-bond acceptors (Lipinski definition) is 6. The Kier molecular flexibility index (Phi) is 5.02. The van der Waals surface area contributed by atoms with Crippen LogP contribution in [0.15, 0.2) is 35.9 Å². The minimum atomic E-state index is -0.590. The van der Waals surface area contributed by atoms with Gasteiger partial charge < -0.3 is 10.0 Å². The van der Waals surface area contributed by atoms with Crippen LogP contribution in [0, 0.1) is 13.8 Å². The standard InChI is InChI=1S/C21H23N3O3S/c1-12-20(28-13(2)23-12)18(25)16-17(14-8-10-22-11-9-14)24(21(27)19(16)26)15-6-4-3-5-7-15/h8-11,15,17,26H,3-7H2,1-2H3. The first kappa shape index (κ1) is 18.8. The highest BCUT2D eigenvalue weighted by molar-refractivity contribution is 7.14. The van der Waals surface area contributed by atoms with Crippen molar-refractivity contribution in [2.24, 2.45) is 0 Å². The normalized spacial score (nSPS) is 20.9. The Hall–Kier alpha value is -2.54. The summed E-state index contributed by atoms with van der Waals surface area (Å²) in [7, 11) is 0. The van der Waals surface area contributed by atoms with Gasteiger partial charge in [-0.15, -0.1) is 11.3 Å². The number of amides is 1. The average Bonchev–Trinajstić information content (AvgIpc) is 3.18. The molecule has 3 heterocycles. The Morgan fingerprint density at radius 2 is 1.86 bits per heavy atom. The summed E-state index contributed by atoms with van der Waals surface area (Å²) in [5, 5.41) is 11.5. The third-order valence-electron chi connectivity index (χ3n) is 5.59. The van der Waals surface area contributed by atoms with E-state index in [0.717, 1.165) is 42.7 Å². The molecule has 1 unspecified atom stereocenters. The van der Waals surface area contributed by atoms with Gasteiger partial charge in [0.15, 0.2) is 5.76 Å². The van der Waals surface area contributed by atoms with Crippen LogP contribution in [0.5, 0.6) is 0 Å². The quantitative estimate of drug-likeness (QED) is 0.787. The van der Waals surface area contributed by atoms with Crippen molar-refractivity contribution in [3.05, 3.63) is 57.0 Å². The lowest BCUT2D eigenvalue weighted by molar-refractivity contribution is -0.132. The third kappa shape index (κ3) is 3.13. The monoisotopic (exact) mass is 397 g/mol. The summed E-state index contributed by atoms with van der Waals surface area (Å²) in [5.41, 5.74) is 1.58. The molecule has 146 valence electrons. The molecule has 1 aliphatic carbocycles. The van der Waals surface area contributed by atoms with E-state index in [4.69, 9.17) is 0 Å². The van der Waals surface area contributed by atoms with Crippen molar-refractivity contribution in [3.8, 4) is 0 Å². The van der Waals surface area contributed by atoms with Gasteiger partial charge in [-0.05, 0) is 44.4 Å². The number of ketones is 1. The summed E-state index contributed by atoms with van der Waals surface area (Å²) in [4.78, 5) is 37.1. The lowest BCUT2D eigenvalue weighted by Gasteiger charge is -2.36. The van der Waals surface area contributed by atoms with Crippen molar-refractivity contribution in [2.75, 3.05) is 0 Å². The second kappa shape index (κ2) is 7.47. The van der Waals surface area contributed by atoms with Crippen LogP contribution in [-0.4, -0.2) is 37.7 Å². The third-order valence-corrected chi connectivity index (χ3v) is 6.66. The van der Waals surface area contributed by atoms with Crippen molar-refractivity contribution in [3.63, 3.8) is 0 Å². The predicted molar refractivity (Wildman–Crippen MR) is 106 cm³/mol. The number of pyridine rings is 1. The Morgan fingerprint density at radius 3 is 2.46 bits per heavy atom. The van der Waals surface area contributed by atoms with E-state index in [1.165, 1.54) is 11.3 Å². The maximum absolute atomic E-state index is 13.4. The molecule has 0 radical (unpaired) electrons. The van der Waals surface area contributed by atoms with Gasteiger partial charge in [0.1, 0.15) is 0 Å². The molecule has 1 N–H and O–H groups in total. The van der Waals surface area contributed by atoms with Gasteiger partial charge in [-0.25, -0.2) is 4.98 Å². The van der Waals surface area contributed by atoms with E-state index in [2.05, 4.69) is 9.97 Å². The topological polar surface area (TPSA) is 83.4 Å². The molecular weight excluding hydrogens is 374 g/mol. The SMILES string of the molecule is Cc1nc(C)c(C(=O)C2=C(O)C(=O)N(C3CCCCC3)C2c2ccncc2)s1. The Morgan fingerprint density at radius 1 is 1.18 bits per heavy atom. The summed E-state index contributed by atoms with van der Waals surface area (Å²) in [6.45, 7) is 3.63. The van der Waals surface area contributed by atoms with E-state index >= 15 is 0 Å². The van der Waals surface area contributed by atoms with Crippen molar-refractivity contribution >= 4 is 23.0 Å². The highest BCUT2D eigenvalue weighted by Gasteiger charge is 2.47. The molecule has 7 heteroatoms. The van der Waals surface area contributed by atoms with E-state index in [0.29, 0.717) is 10.6 Å². The highest BCUT2D eigenvalue weighted by Crippen LogP contribution is 2.43. The Bertz CT molecular complexity index is 945. The lowest BCUT2D eigenvalue weighted by atomic mass is 9.90.